The van der Waals surface area contributed by atoms with Crippen LogP contribution in [0.1, 0.15) is 25.3 Å². The fourth-order valence-electron chi connectivity index (χ4n) is 3.78. The first-order valence-corrected chi connectivity index (χ1v) is 12.2. The molecule has 0 spiro atoms. The average Bonchev–Trinajstić information content (AvgIpc) is 2.80. The second-order valence-electron chi connectivity index (χ2n) is 7.99. The third-order valence-corrected chi connectivity index (χ3v) is 7.63. The quantitative estimate of drug-likeness (QED) is 0.661. The van der Waals surface area contributed by atoms with Crippen LogP contribution in [0.2, 0.25) is 0 Å². The van der Waals surface area contributed by atoms with E-state index in [0.29, 0.717) is 12.8 Å². The van der Waals surface area contributed by atoms with Gasteiger partial charge >= 0.3 is 0 Å². The molecule has 0 radical (unpaired) electrons. The van der Waals surface area contributed by atoms with E-state index in [4.69, 9.17) is 0 Å². The molecule has 2 amide bonds. The van der Waals surface area contributed by atoms with E-state index >= 15 is 0 Å². The van der Waals surface area contributed by atoms with Crippen LogP contribution < -0.4 is 5.32 Å². The zero-order valence-corrected chi connectivity index (χ0v) is 19.4. The molecule has 178 valence electrons. The molecule has 0 bridgehead atoms. The number of amides is 2. The molecule has 7 nitrogen and oxygen atoms in total. The molecule has 33 heavy (non-hydrogen) atoms. The van der Waals surface area contributed by atoms with Crippen molar-refractivity contribution >= 4 is 27.5 Å². The third kappa shape index (κ3) is 5.75. The number of hydrogen-bond donors (Lipinski definition) is 1. The predicted octanol–water partition coefficient (Wildman–Crippen LogP) is 3.16. The molecule has 0 unspecified atom stereocenters. The monoisotopic (exact) mass is 479 g/mol. The highest BCUT2D eigenvalue weighted by atomic mass is 32.2. The summed E-state index contributed by atoms with van der Waals surface area (Å²) in [6.45, 7) is 3.83. The SMILES string of the molecule is CCN(CC(=O)Nc1c(F)cccc1F)C(=O)C1CCN(S(=O)(=O)c2ccc(C)cc2)CC1. The van der Waals surface area contributed by atoms with Gasteiger partial charge in [0, 0.05) is 25.6 Å². The molecule has 1 saturated heterocycles. The van der Waals surface area contributed by atoms with E-state index < -0.39 is 39.2 Å². The molecular formula is C23H27F2N3O4S. The Morgan fingerprint density at radius 2 is 1.64 bits per heavy atom. The first-order valence-electron chi connectivity index (χ1n) is 10.7. The molecule has 0 saturated carbocycles. The third-order valence-electron chi connectivity index (χ3n) is 5.72. The summed E-state index contributed by atoms with van der Waals surface area (Å²) >= 11 is 0. The largest absolute Gasteiger partial charge is 0.333 e. The van der Waals surface area contributed by atoms with Gasteiger partial charge < -0.3 is 10.2 Å². The lowest BCUT2D eigenvalue weighted by molar-refractivity contribution is -0.139. The Bertz CT molecular complexity index is 1090. The summed E-state index contributed by atoms with van der Waals surface area (Å²) in [4.78, 5) is 26.8. The van der Waals surface area contributed by atoms with Crippen LogP contribution in [0.4, 0.5) is 14.5 Å². The number of nitrogens with one attached hydrogen (secondary N) is 1. The Morgan fingerprint density at radius 3 is 2.18 bits per heavy atom. The zero-order chi connectivity index (χ0) is 24.2. The van der Waals surface area contributed by atoms with Crippen molar-refractivity contribution in [3.63, 3.8) is 0 Å². The van der Waals surface area contributed by atoms with Crippen molar-refractivity contribution < 1.29 is 26.8 Å². The minimum atomic E-state index is -3.64. The number of carbonyl (C=O) groups is 2. The lowest BCUT2D eigenvalue weighted by Gasteiger charge is -2.33. The van der Waals surface area contributed by atoms with E-state index in [0.717, 1.165) is 17.7 Å². The Balaban J connectivity index is 1.59. The summed E-state index contributed by atoms with van der Waals surface area (Å²) in [7, 11) is -3.64. The molecule has 1 N–H and O–H groups in total. The van der Waals surface area contributed by atoms with Crippen molar-refractivity contribution in [2.45, 2.75) is 31.6 Å². The first-order chi connectivity index (χ1) is 15.6. The van der Waals surface area contributed by atoms with E-state index in [1.807, 2.05) is 6.92 Å². The number of benzene rings is 2. The number of carbonyl (C=O) groups excluding carboxylic acids is 2. The molecule has 1 heterocycles. The first kappa shape index (κ1) is 24.8. The summed E-state index contributed by atoms with van der Waals surface area (Å²) in [5.41, 5.74) is 0.403. The maximum atomic E-state index is 13.8. The number of sulfonamides is 1. The zero-order valence-electron chi connectivity index (χ0n) is 18.6. The number of piperidine rings is 1. The van der Waals surface area contributed by atoms with Gasteiger partial charge in [-0.2, -0.15) is 4.31 Å². The van der Waals surface area contributed by atoms with Gasteiger partial charge in [0.05, 0.1) is 11.4 Å². The fraction of sp³-hybridized carbons (Fsp3) is 0.391. The number of rotatable bonds is 7. The summed E-state index contributed by atoms with van der Waals surface area (Å²) in [5, 5.41) is 2.18. The Hall–Kier alpha value is -2.85. The van der Waals surface area contributed by atoms with Gasteiger partial charge in [0.15, 0.2) is 0 Å². The van der Waals surface area contributed by atoms with Gasteiger partial charge in [-0.3, -0.25) is 9.59 Å². The van der Waals surface area contributed by atoms with E-state index in [9.17, 15) is 26.8 Å². The van der Waals surface area contributed by atoms with E-state index in [1.165, 1.54) is 15.3 Å². The van der Waals surface area contributed by atoms with Gasteiger partial charge in [0.2, 0.25) is 21.8 Å². The van der Waals surface area contributed by atoms with Gasteiger partial charge in [-0.1, -0.05) is 23.8 Å². The number of hydrogen-bond acceptors (Lipinski definition) is 4. The lowest BCUT2D eigenvalue weighted by atomic mass is 9.96. The number of anilines is 1. The Morgan fingerprint density at radius 1 is 1.06 bits per heavy atom. The number of aryl methyl sites for hydroxylation is 1. The van der Waals surface area contributed by atoms with Crippen LogP contribution in [0.5, 0.6) is 0 Å². The standard InChI is InChI=1S/C23H27F2N3O4S/c1-3-27(15-21(29)26-22-19(24)5-4-6-20(22)25)23(30)17-11-13-28(14-12-17)33(31,32)18-9-7-16(2)8-10-18/h4-10,17H,3,11-15H2,1-2H3,(H,26,29). The maximum absolute atomic E-state index is 13.8. The molecule has 0 aliphatic carbocycles. The van der Waals surface area contributed by atoms with Gasteiger partial charge in [-0.15, -0.1) is 0 Å². The van der Waals surface area contributed by atoms with Crippen molar-refractivity contribution in [3.05, 3.63) is 59.7 Å². The van der Waals surface area contributed by atoms with Crippen molar-refractivity contribution in [3.8, 4) is 0 Å². The van der Waals surface area contributed by atoms with Gasteiger partial charge in [-0.05, 0) is 51.0 Å². The molecular weight excluding hydrogens is 452 g/mol. The van der Waals surface area contributed by atoms with Gasteiger partial charge in [0.1, 0.15) is 17.3 Å². The number of halogens is 2. The second kappa shape index (κ2) is 10.4. The lowest BCUT2D eigenvalue weighted by Crippen LogP contribution is -2.46. The second-order valence-corrected chi connectivity index (χ2v) is 9.93. The van der Waals surface area contributed by atoms with Crippen LogP contribution in [-0.4, -0.2) is 55.6 Å². The maximum Gasteiger partial charge on any atom is 0.244 e. The van der Waals surface area contributed by atoms with Crippen molar-refractivity contribution in [2.24, 2.45) is 5.92 Å². The molecule has 3 rings (SSSR count). The van der Waals surface area contributed by atoms with Crippen LogP contribution in [0.25, 0.3) is 0 Å². The van der Waals surface area contributed by atoms with Crippen LogP contribution in [-0.2, 0) is 19.6 Å². The van der Waals surface area contributed by atoms with Crippen LogP contribution >= 0.6 is 0 Å². The Kier molecular flexibility index (Phi) is 7.80. The average molecular weight is 480 g/mol. The van der Waals surface area contributed by atoms with Crippen molar-refractivity contribution in [2.75, 3.05) is 31.5 Å². The number of nitrogens with zero attached hydrogens (tertiary/aromatic N) is 2. The van der Waals surface area contributed by atoms with Gasteiger partial charge in [0.25, 0.3) is 0 Å². The molecule has 0 atom stereocenters. The molecule has 10 heteroatoms. The van der Waals surface area contributed by atoms with E-state index in [2.05, 4.69) is 5.32 Å². The highest BCUT2D eigenvalue weighted by Crippen LogP contribution is 2.25. The summed E-state index contributed by atoms with van der Waals surface area (Å²) < 4.78 is 54.6. The summed E-state index contributed by atoms with van der Waals surface area (Å²) in [5.74, 6) is -3.24. The molecule has 1 aliphatic rings. The normalized spacial score (nSPS) is 15.3. The van der Waals surface area contributed by atoms with Crippen molar-refractivity contribution in [1.29, 1.82) is 0 Å². The Labute approximate surface area is 192 Å². The highest BCUT2D eigenvalue weighted by Gasteiger charge is 2.34. The highest BCUT2D eigenvalue weighted by molar-refractivity contribution is 7.89. The minimum Gasteiger partial charge on any atom is -0.333 e. The summed E-state index contributed by atoms with van der Waals surface area (Å²) in [6.07, 6.45) is 0.647. The fourth-order valence-corrected chi connectivity index (χ4v) is 5.25. The molecule has 0 aromatic heterocycles. The minimum absolute atomic E-state index is 0.191. The number of likely N-dealkylation sites (N-methyl/N-ethyl adjacent to an activating group) is 1. The van der Waals surface area contributed by atoms with E-state index in [1.54, 1.807) is 31.2 Å². The molecule has 2 aromatic rings. The number of para-hydroxylation sites is 1. The smallest absolute Gasteiger partial charge is 0.244 e. The predicted molar refractivity (Wildman–Crippen MR) is 120 cm³/mol. The van der Waals surface area contributed by atoms with Crippen LogP contribution in [0, 0.1) is 24.5 Å². The topological polar surface area (TPSA) is 86.8 Å². The van der Waals surface area contributed by atoms with E-state index in [-0.39, 0.29) is 37.0 Å². The molecule has 2 aromatic carbocycles. The van der Waals surface area contributed by atoms with Crippen LogP contribution in [0.15, 0.2) is 47.4 Å². The molecule has 1 aliphatic heterocycles. The van der Waals surface area contributed by atoms with Gasteiger partial charge in [-0.25, -0.2) is 17.2 Å². The van der Waals surface area contributed by atoms with Crippen molar-refractivity contribution in [1.82, 2.24) is 9.21 Å². The summed E-state index contributed by atoms with van der Waals surface area (Å²) in [6, 6.07) is 9.85. The van der Waals surface area contributed by atoms with Crippen LogP contribution in [0.3, 0.4) is 0 Å². The molecule has 1 fully saturated rings.